The Morgan fingerprint density at radius 1 is 1.23 bits per heavy atom. The molecule has 6 nitrogen and oxygen atoms in total. The van der Waals surface area contributed by atoms with Crippen molar-refractivity contribution in [3.05, 3.63) is 47.8 Å². The molecule has 0 bridgehead atoms. The fourth-order valence-corrected chi connectivity index (χ4v) is 2.27. The van der Waals surface area contributed by atoms with E-state index in [-0.39, 0.29) is 24.2 Å². The van der Waals surface area contributed by atoms with Crippen LogP contribution in [-0.2, 0) is 11.0 Å². The molecule has 2 rings (SSSR count). The summed E-state index contributed by atoms with van der Waals surface area (Å²) >= 11 is 0. The van der Waals surface area contributed by atoms with Crippen LogP contribution in [0.1, 0.15) is 42.7 Å². The van der Waals surface area contributed by atoms with E-state index < -0.39 is 29.2 Å². The number of amides is 1. The molecule has 0 spiro atoms. The van der Waals surface area contributed by atoms with Crippen molar-refractivity contribution in [1.29, 1.82) is 0 Å². The highest BCUT2D eigenvalue weighted by atomic mass is 19.4. The van der Waals surface area contributed by atoms with E-state index in [9.17, 15) is 22.8 Å². The van der Waals surface area contributed by atoms with Crippen molar-refractivity contribution >= 4 is 11.9 Å². The molecule has 140 valence electrons. The maximum atomic E-state index is 12.8. The zero-order valence-electron chi connectivity index (χ0n) is 14.2. The monoisotopic (exact) mass is 369 g/mol. The van der Waals surface area contributed by atoms with Crippen LogP contribution in [0, 0.1) is 0 Å². The van der Waals surface area contributed by atoms with Gasteiger partial charge in [-0.25, -0.2) is 4.68 Å². The van der Waals surface area contributed by atoms with Gasteiger partial charge in [0.1, 0.15) is 0 Å². The second-order valence-electron chi connectivity index (χ2n) is 6.43. The first-order valence-corrected chi connectivity index (χ1v) is 7.75. The fourth-order valence-electron chi connectivity index (χ4n) is 2.27. The highest BCUT2D eigenvalue weighted by Gasteiger charge is 2.30. The molecule has 2 aromatic rings. The van der Waals surface area contributed by atoms with Crippen LogP contribution in [0.3, 0.4) is 0 Å². The molecule has 26 heavy (non-hydrogen) atoms. The highest BCUT2D eigenvalue weighted by Crippen LogP contribution is 2.30. The summed E-state index contributed by atoms with van der Waals surface area (Å²) in [5.41, 5.74) is -1.39. The quantitative estimate of drug-likeness (QED) is 0.819. The number of alkyl halides is 3. The Hall–Kier alpha value is -2.84. The second-order valence-corrected chi connectivity index (χ2v) is 6.43. The molecule has 0 aliphatic rings. The van der Waals surface area contributed by atoms with E-state index in [0.717, 1.165) is 12.1 Å². The molecular formula is C17H18F3N3O3. The van der Waals surface area contributed by atoms with Crippen LogP contribution in [-0.4, -0.2) is 32.3 Å². The van der Waals surface area contributed by atoms with E-state index >= 15 is 0 Å². The number of carboxylic acid groups (broad SMARTS) is 1. The van der Waals surface area contributed by atoms with E-state index in [0.29, 0.717) is 0 Å². The number of nitrogens with one attached hydrogen (secondary N) is 1. The SMILES string of the molecule is CC(C)(CCC(=O)O)NC(=O)c1ccn(-c2cccc(C(F)(F)F)c2)n1. The Labute approximate surface area is 147 Å². The first kappa shape index (κ1) is 19.5. The smallest absolute Gasteiger partial charge is 0.416 e. The number of carbonyl (C=O) groups is 2. The largest absolute Gasteiger partial charge is 0.481 e. The molecular weight excluding hydrogens is 351 g/mol. The van der Waals surface area contributed by atoms with Crippen LogP contribution in [0.15, 0.2) is 36.5 Å². The molecule has 9 heteroatoms. The number of aromatic nitrogens is 2. The Morgan fingerprint density at radius 2 is 1.92 bits per heavy atom. The highest BCUT2D eigenvalue weighted by molar-refractivity contribution is 5.92. The average molecular weight is 369 g/mol. The minimum atomic E-state index is -4.47. The van der Waals surface area contributed by atoms with Gasteiger partial charge in [-0.05, 0) is 44.5 Å². The van der Waals surface area contributed by atoms with E-state index in [1.807, 2.05) is 0 Å². The summed E-state index contributed by atoms with van der Waals surface area (Å²) < 4.78 is 39.6. The van der Waals surface area contributed by atoms with Gasteiger partial charge in [-0.1, -0.05) is 6.07 Å². The number of rotatable bonds is 6. The maximum absolute atomic E-state index is 12.8. The third kappa shape index (κ3) is 5.08. The molecule has 0 fully saturated rings. The molecule has 0 saturated heterocycles. The third-order valence-corrected chi connectivity index (χ3v) is 3.68. The molecule has 0 radical (unpaired) electrons. The molecule has 0 unspecified atom stereocenters. The zero-order chi connectivity index (χ0) is 19.5. The van der Waals surface area contributed by atoms with Gasteiger partial charge < -0.3 is 10.4 Å². The van der Waals surface area contributed by atoms with Crippen molar-refractivity contribution in [2.75, 3.05) is 0 Å². The number of benzene rings is 1. The Balaban J connectivity index is 2.14. The Bertz CT molecular complexity index is 813. The molecule has 0 saturated carbocycles. The topological polar surface area (TPSA) is 84.2 Å². The van der Waals surface area contributed by atoms with E-state index in [4.69, 9.17) is 5.11 Å². The number of halogens is 3. The van der Waals surface area contributed by atoms with Crippen molar-refractivity contribution in [2.24, 2.45) is 0 Å². The predicted molar refractivity (Wildman–Crippen MR) is 87.0 cm³/mol. The summed E-state index contributed by atoms with van der Waals surface area (Å²) in [6, 6.07) is 5.97. The van der Waals surface area contributed by atoms with Crippen molar-refractivity contribution in [3.63, 3.8) is 0 Å². The summed E-state index contributed by atoms with van der Waals surface area (Å²) in [5.74, 6) is -1.51. The Kier molecular flexibility index (Phi) is 5.38. The Morgan fingerprint density at radius 3 is 2.54 bits per heavy atom. The summed E-state index contributed by atoms with van der Waals surface area (Å²) in [6.07, 6.45) is -2.97. The van der Waals surface area contributed by atoms with Gasteiger partial charge in [0.15, 0.2) is 5.69 Å². The fraction of sp³-hybridized carbons (Fsp3) is 0.353. The number of aliphatic carboxylic acids is 1. The van der Waals surface area contributed by atoms with E-state index in [2.05, 4.69) is 10.4 Å². The van der Waals surface area contributed by atoms with Crippen molar-refractivity contribution in [3.8, 4) is 5.69 Å². The summed E-state index contributed by atoms with van der Waals surface area (Å²) in [4.78, 5) is 22.9. The lowest BCUT2D eigenvalue weighted by Gasteiger charge is -2.25. The summed E-state index contributed by atoms with van der Waals surface area (Å²) in [5, 5.41) is 15.4. The van der Waals surface area contributed by atoms with Crippen molar-refractivity contribution in [1.82, 2.24) is 15.1 Å². The van der Waals surface area contributed by atoms with Gasteiger partial charge >= 0.3 is 12.1 Å². The standard InChI is InChI=1S/C17H18F3N3O3/c1-16(2,8-6-14(24)25)21-15(26)13-7-9-23(22-13)12-5-3-4-11(10-12)17(18,19)20/h3-5,7,9-10H,6,8H2,1-2H3,(H,21,26)(H,24,25). The number of hydrogen-bond donors (Lipinski definition) is 2. The molecule has 1 heterocycles. The third-order valence-electron chi connectivity index (χ3n) is 3.68. The lowest BCUT2D eigenvalue weighted by Crippen LogP contribution is -2.43. The van der Waals surface area contributed by atoms with Gasteiger partial charge in [-0.3, -0.25) is 9.59 Å². The molecule has 0 aliphatic carbocycles. The maximum Gasteiger partial charge on any atom is 0.416 e. The summed E-state index contributed by atoms with van der Waals surface area (Å²) in [6.45, 7) is 3.36. The lowest BCUT2D eigenvalue weighted by molar-refractivity contribution is -0.138. The van der Waals surface area contributed by atoms with Gasteiger partial charge in [0, 0.05) is 18.2 Å². The van der Waals surface area contributed by atoms with Crippen molar-refractivity contribution < 1.29 is 27.9 Å². The molecule has 2 N–H and O–H groups in total. The van der Waals surface area contributed by atoms with Crippen LogP contribution >= 0.6 is 0 Å². The molecule has 1 amide bonds. The number of nitrogens with zero attached hydrogens (tertiary/aromatic N) is 2. The first-order chi connectivity index (χ1) is 12.0. The lowest BCUT2D eigenvalue weighted by atomic mass is 9.98. The molecule has 1 aromatic heterocycles. The molecule has 0 aliphatic heterocycles. The number of carbonyl (C=O) groups excluding carboxylic acids is 1. The van der Waals surface area contributed by atoms with Crippen LogP contribution in [0.4, 0.5) is 13.2 Å². The van der Waals surface area contributed by atoms with Crippen LogP contribution in [0.5, 0.6) is 0 Å². The zero-order valence-corrected chi connectivity index (χ0v) is 14.2. The minimum absolute atomic E-state index is 0.0193. The van der Waals surface area contributed by atoms with Crippen molar-refractivity contribution in [2.45, 2.75) is 38.4 Å². The van der Waals surface area contributed by atoms with Crippen LogP contribution < -0.4 is 5.32 Å². The minimum Gasteiger partial charge on any atom is -0.481 e. The van der Waals surface area contributed by atoms with E-state index in [1.165, 1.54) is 29.1 Å². The number of carboxylic acids is 1. The van der Waals surface area contributed by atoms with Gasteiger partial charge in [0.25, 0.3) is 5.91 Å². The second kappa shape index (κ2) is 7.19. The van der Waals surface area contributed by atoms with Crippen LogP contribution in [0.25, 0.3) is 5.69 Å². The number of hydrogen-bond acceptors (Lipinski definition) is 3. The molecule has 0 atom stereocenters. The van der Waals surface area contributed by atoms with Gasteiger partial charge in [-0.2, -0.15) is 18.3 Å². The summed E-state index contributed by atoms with van der Waals surface area (Å²) in [7, 11) is 0. The van der Waals surface area contributed by atoms with Gasteiger partial charge in [0.2, 0.25) is 0 Å². The van der Waals surface area contributed by atoms with E-state index in [1.54, 1.807) is 13.8 Å². The average Bonchev–Trinajstić information content (AvgIpc) is 3.02. The molecule has 1 aromatic carbocycles. The predicted octanol–water partition coefficient (Wildman–Crippen LogP) is 3.26. The van der Waals surface area contributed by atoms with Crippen LogP contribution in [0.2, 0.25) is 0 Å². The normalized spacial score (nSPS) is 12.0. The van der Waals surface area contributed by atoms with Gasteiger partial charge in [0.05, 0.1) is 11.3 Å². The first-order valence-electron chi connectivity index (χ1n) is 7.75. The van der Waals surface area contributed by atoms with Gasteiger partial charge in [-0.15, -0.1) is 0 Å².